The molecule has 2 aliphatic rings. The Morgan fingerprint density at radius 2 is 1.50 bits per heavy atom. The standard InChI is InChI=1S/C11H18N2S/c14-11(13-8-3-4-9-13)5-10-12-6-1-2-7-12/h5,10H,1-4,6-9H2/b10-5+. The van der Waals surface area contributed by atoms with Crippen molar-refractivity contribution in [3.05, 3.63) is 12.3 Å². The van der Waals surface area contributed by atoms with E-state index in [0.717, 1.165) is 18.1 Å². The molecule has 2 fully saturated rings. The van der Waals surface area contributed by atoms with Crippen LogP contribution >= 0.6 is 12.2 Å². The van der Waals surface area contributed by atoms with E-state index in [9.17, 15) is 0 Å². The van der Waals surface area contributed by atoms with Crippen LogP contribution in [0.25, 0.3) is 0 Å². The second kappa shape index (κ2) is 4.78. The van der Waals surface area contributed by atoms with E-state index in [0.29, 0.717) is 0 Å². The first kappa shape index (κ1) is 9.97. The maximum atomic E-state index is 5.36. The van der Waals surface area contributed by atoms with Crippen molar-refractivity contribution in [3.63, 3.8) is 0 Å². The normalized spacial score (nSPS) is 22.6. The Kier molecular flexibility index (Phi) is 3.40. The third kappa shape index (κ3) is 2.47. The van der Waals surface area contributed by atoms with E-state index in [2.05, 4.69) is 22.1 Å². The van der Waals surface area contributed by atoms with Crippen LogP contribution in [0.4, 0.5) is 0 Å². The highest BCUT2D eigenvalue weighted by atomic mass is 32.1. The summed E-state index contributed by atoms with van der Waals surface area (Å²) in [6.07, 6.45) is 9.55. The summed E-state index contributed by atoms with van der Waals surface area (Å²) in [5.74, 6) is 0. The summed E-state index contributed by atoms with van der Waals surface area (Å²) >= 11 is 5.36. The Bertz CT molecular complexity index is 225. The zero-order valence-corrected chi connectivity index (χ0v) is 9.43. The van der Waals surface area contributed by atoms with Crippen LogP contribution < -0.4 is 0 Å². The van der Waals surface area contributed by atoms with Gasteiger partial charge in [0.1, 0.15) is 4.99 Å². The summed E-state index contributed by atoms with van der Waals surface area (Å²) in [4.78, 5) is 5.69. The number of thiocarbonyl (C=S) groups is 1. The average Bonchev–Trinajstić information content (AvgIpc) is 2.87. The van der Waals surface area contributed by atoms with Crippen LogP contribution in [-0.2, 0) is 0 Å². The fourth-order valence-electron chi connectivity index (χ4n) is 2.10. The second-order valence-corrected chi connectivity index (χ2v) is 4.51. The quantitative estimate of drug-likeness (QED) is 0.508. The van der Waals surface area contributed by atoms with Crippen LogP contribution in [0.5, 0.6) is 0 Å². The Balaban J connectivity index is 1.80. The molecule has 14 heavy (non-hydrogen) atoms. The molecule has 2 aliphatic heterocycles. The first-order chi connectivity index (χ1) is 6.86. The smallest absolute Gasteiger partial charge is 0.103 e. The highest BCUT2D eigenvalue weighted by Crippen LogP contribution is 2.11. The maximum absolute atomic E-state index is 5.36. The molecule has 2 saturated heterocycles. The minimum atomic E-state index is 1.02. The molecule has 0 amide bonds. The van der Waals surface area contributed by atoms with Gasteiger partial charge in [0.05, 0.1) is 0 Å². The summed E-state index contributed by atoms with van der Waals surface area (Å²) in [5, 5.41) is 0. The predicted molar refractivity (Wildman–Crippen MR) is 63.4 cm³/mol. The van der Waals surface area contributed by atoms with Crippen molar-refractivity contribution in [2.24, 2.45) is 0 Å². The fourth-order valence-corrected chi connectivity index (χ4v) is 2.35. The van der Waals surface area contributed by atoms with Crippen molar-refractivity contribution in [1.29, 1.82) is 0 Å². The molecule has 2 nitrogen and oxygen atoms in total. The van der Waals surface area contributed by atoms with Gasteiger partial charge < -0.3 is 9.80 Å². The van der Waals surface area contributed by atoms with E-state index in [-0.39, 0.29) is 0 Å². The third-order valence-electron chi connectivity index (χ3n) is 2.99. The van der Waals surface area contributed by atoms with Crippen LogP contribution in [0.2, 0.25) is 0 Å². The molecule has 0 saturated carbocycles. The molecule has 0 aliphatic carbocycles. The van der Waals surface area contributed by atoms with Crippen LogP contribution in [0, 0.1) is 0 Å². The van der Waals surface area contributed by atoms with Crippen molar-refractivity contribution < 1.29 is 0 Å². The summed E-state index contributed by atoms with van der Waals surface area (Å²) in [5.41, 5.74) is 0. The average molecular weight is 210 g/mol. The Morgan fingerprint density at radius 1 is 0.929 bits per heavy atom. The van der Waals surface area contributed by atoms with E-state index in [1.54, 1.807) is 0 Å². The number of hydrogen-bond donors (Lipinski definition) is 0. The molecule has 78 valence electrons. The molecule has 0 spiro atoms. The first-order valence-corrected chi connectivity index (χ1v) is 5.98. The molecule has 0 aromatic carbocycles. The van der Waals surface area contributed by atoms with Gasteiger partial charge in [0.15, 0.2) is 0 Å². The Labute approximate surface area is 91.6 Å². The molecular weight excluding hydrogens is 192 g/mol. The minimum absolute atomic E-state index is 1.02. The van der Waals surface area contributed by atoms with Gasteiger partial charge in [-0.3, -0.25) is 0 Å². The Morgan fingerprint density at radius 3 is 2.14 bits per heavy atom. The lowest BCUT2D eigenvalue weighted by atomic mass is 10.4. The molecule has 0 bridgehead atoms. The molecule has 2 rings (SSSR count). The zero-order chi connectivity index (χ0) is 9.80. The van der Waals surface area contributed by atoms with Gasteiger partial charge in [-0.05, 0) is 31.8 Å². The summed E-state index contributed by atoms with van der Waals surface area (Å²) < 4.78 is 0. The van der Waals surface area contributed by atoms with Crippen molar-refractivity contribution in [2.75, 3.05) is 26.2 Å². The first-order valence-electron chi connectivity index (χ1n) is 5.57. The minimum Gasteiger partial charge on any atom is -0.377 e. The lowest BCUT2D eigenvalue weighted by Crippen LogP contribution is -2.24. The summed E-state index contributed by atoms with van der Waals surface area (Å²) in [6, 6.07) is 0. The summed E-state index contributed by atoms with van der Waals surface area (Å²) in [6.45, 7) is 4.73. The monoisotopic (exact) mass is 210 g/mol. The molecule has 2 heterocycles. The van der Waals surface area contributed by atoms with Crippen LogP contribution in [0.1, 0.15) is 25.7 Å². The van der Waals surface area contributed by atoms with E-state index in [4.69, 9.17) is 12.2 Å². The molecule has 0 atom stereocenters. The molecular formula is C11H18N2S. The van der Waals surface area contributed by atoms with Gasteiger partial charge in [-0.25, -0.2) is 0 Å². The van der Waals surface area contributed by atoms with Gasteiger partial charge in [-0.15, -0.1) is 0 Å². The van der Waals surface area contributed by atoms with Crippen LogP contribution in [-0.4, -0.2) is 41.0 Å². The lowest BCUT2D eigenvalue weighted by Gasteiger charge is -2.17. The molecule has 0 radical (unpaired) electrons. The van der Waals surface area contributed by atoms with Gasteiger partial charge in [-0.1, -0.05) is 12.2 Å². The van der Waals surface area contributed by atoms with E-state index in [1.807, 2.05) is 0 Å². The molecule has 0 aromatic rings. The molecule has 0 unspecified atom stereocenters. The van der Waals surface area contributed by atoms with Crippen LogP contribution in [0.15, 0.2) is 12.3 Å². The van der Waals surface area contributed by atoms with E-state index >= 15 is 0 Å². The van der Waals surface area contributed by atoms with Gasteiger partial charge in [-0.2, -0.15) is 0 Å². The predicted octanol–water partition coefficient (Wildman–Crippen LogP) is 2.02. The van der Waals surface area contributed by atoms with E-state index < -0.39 is 0 Å². The van der Waals surface area contributed by atoms with Crippen molar-refractivity contribution in [2.45, 2.75) is 25.7 Å². The topological polar surface area (TPSA) is 6.48 Å². The molecule has 3 heteroatoms. The second-order valence-electron chi connectivity index (χ2n) is 4.09. The number of likely N-dealkylation sites (tertiary alicyclic amines) is 2. The van der Waals surface area contributed by atoms with Crippen LogP contribution in [0.3, 0.4) is 0 Å². The number of rotatable bonds is 2. The maximum Gasteiger partial charge on any atom is 0.103 e. The van der Waals surface area contributed by atoms with E-state index in [1.165, 1.54) is 38.8 Å². The third-order valence-corrected chi connectivity index (χ3v) is 3.38. The zero-order valence-electron chi connectivity index (χ0n) is 8.61. The van der Waals surface area contributed by atoms with Gasteiger partial charge >= 0.3 is 0 Å². The van der Waals surface area contributed by atoms with Crippen molar-refractivity contribution >= 4 is 17.2 Å². The van der Waals surface area contributed by atoms with Gasteiger partial charge in [0, 0.05) is 32.4 Å². The van der Waals surface area contributed by atoms with Crippen molar-refractivity contribution in [3.8, 4) is 0 Å². The van der Waals surface area contributed by atoms with Crippen molar-refractivity contribution in [1.82, 2.24) is 9.80 Å². The largest absolute Gasteiger partial charge is 0.377 e. The highest BCUT2D eigenvalue weighted by Gasteiger charge is 2.13. The lowest BCUT2D eigenvalue weighted by molar-refractivity contribution is 0.467. The summed E-state index contributed by atoms with van der Waals surface area (Å²) in [7, 11) is 0. The molecule has 0 N–H and O–H groups in total. The Hall–Kier alpha value is -0.570. The van der Waals surface area contributed by atoms with Gasteiger partial charge in [0.25, 0.3) is 0 Å². The SMILES string of the molecule is S=C(/C=C/N1CCCC1)N1CCCC1. The molecule has 0 aromatic heterocycles. The van der Waals surface area contributed by atoms with Gasteiger partial charge in [0.2, 0.25) is 0 Å². The number of hydrogen-bond acceptors (Lipinski definition) is 2. The highest BCUT2D eigenvalue weighted by molar-refractivity contribution is 7.80. The fraction of sp³-hybridized carbons (Fsp3) is 0.727. The number of nitrogens with zero attached hydrogens (tertiary/aromatic N) is 2.